The number of aromatic nitrogens is 1. The molecule has 0 aliphatic carbocycles. The van der Waals surface area contributed by atoms with Crippen LogP contribution in [0.15, 0.2) is 36.4 Å². The fourth-order valence-corrected chi connectivity index (χ4v) is 1.41. The van der Waals surface area contributed by atoms with Crippen LogP contribution in [0.3, 0.4) is 0 Å². The van der Waals surface area contributed by atoms with Crippen LogP contribution in [0.2, 0.25) is 0 Å². The molecule has 0 aliphatic heterocycles. The van der Waals surface area contributed by atoms with Crippen molar-refractivity contribution in [3.63, 3.8) is 0 Å². The number of hydrogen-bond acceptors (Lipinski definition) is 3. The van der Waals surface area contributed by atoms with Crippen molar-refractivity contribution < 1.29 is 9.72 Å². The van der Waals surface area contributed by atoms with Gasteiger partial charge in [0.05, 0.1) is 10.6 Å². The highest BCUT2D eigenvalue weighted by Crippen LogP contribution is 2.21. The summed E-state index contributed by atoms with van der Waals surface area (Å²) in [6.07, 6.45) is 0.717. The lowest BCUT2D eigenvalue weighted by Crippen LogP contribution is -1.87. The third-order valence-corrected chi connectivity index (χ3v) is 2.22. The summed E-state index contributed by atoms with van der Waals surface area (Å²) in [5, 5.41) is 10.5. The van der Waals surface area contributed by atoms with E-state index < -0.39 is 4.92 Å². The maximum Gasteiger partial charge on any atom is 0.269 e. The second-order valence-corrected chi connectivity index (χ2v) is 3.25. The summed E-state index contributed by atoms with van der Waals surface area (Å²) in [5.74, 6) is 0. The van der Waals surface area contributed by atoms with Gasteiger partial charge in [-0.05, 0) is 29.8 Å². The van der Waals surface area contributed by atoms with Crippen LogP contribution in [0.25, 0.3) is 11.3 Å². The number of aromatic amines is 1. The first-order valence-corrected chi connectivity index (χ1v) is 4.60. The van der Waals surface area contributed by atoms with Gasteiger partial charge in [-0.2, -0.15) is 0 Å². The Hall–Kier alpha value is -2.43. The normalized spacial score (nSPS) is 10.0. The van der Waals surface area contributed by atoms with Gasteiger partial charge in [-0.25, -0.2) is 0 Å². The van der Waals surface area contributed by atoms with Crippen molar-refractivity contribution in [2.45, 2.75) is 0 Å². The van der Waals surface area contributed by atoms with Gasteiger partial charge in [0, 0.05) is 17.8 Å². The Bertz CT molecular complexity index is 528. The molecule has 0 saturated carbocycles. The predicted molar refractivity (Wildman–Crippen MR) is 58.3 cm³/mol. The third kappa shape index (κ3) is 1.83. The summed E-state index contributed by atoms with van der Waals surface area (Å²) in [7, 11) is 0. The van der Waals surface area contributed by atoms with Gasteiger partial charge in [-0.3, -0.25) is 14.9 Å². The minimum atomic E-state index is -0.449. The molecule has 0 unspecified atom stereocenters. The Kier molecular flexibility index (Phi) is 2.51. The van der Waals surface area contributed by atoms with Crippen LogP contribution in [0.5, 0.6) is 0 Å². The van der Waals surface area contributed by atoms with Gasteiger partial charge in [0.1, 0.15) is 0 Å². The molecule has 2 rings (SSSR count). The molecule has 0 saturated heterocycles. The zero-order chi connectivity index (χ0) is 11.5. The zero-order valence-electron chi connectivity index (χ0n) is 8.21. The number of H-pyrrole nitrogens is 1. The Balaban J connectivity index is 2.34. The van der Waals surface area contributed by atoms with Crippen molar-refractivity contribution in [1.29, 1.82) is 0 Å². The Morgan fingerprint density at radius 1 is 1.12 bits per heavy atom. The Labute approximate surface area is 90.9 Å². The van der Waals surface area contributed by atoms with Crippen LogP contribution in [0.4, 0.5) is 5.69 Å². The highest BCUT2D eigenvalue weighted by atomic mass is 16.6. The zero-order valence-corrected chi connectivity index (χ0v) is 8.21. The molecule has 0 amide bonds. The number of nitro groups is 1. The van der Waals surface area contributed by atoms with E-state index in [1.807, 2.05) is 0 Å². The monoisotopic (exact) mass is 216 g/mol. The standard InChI is InChI=1S/C11H8N2O3/c14-7-9-3-6-11(12-9)8-1-4-10(5-2-8)13(15)16/h1-7,12H. The van der Waals surface area contributed by atoms with Crippen LogP contribution in [0, 0.1) is 10.1 Å². The molecule has 0 atom stereocenters. The molecule has 0 fully saturated rings. The van der Waals surface area contributed by atoms with E-state index in [1.54, 1.807) is 24.3 Å². The van der Waals surface area contributed by atoms with E-state index in [-0.39, 0.29) is 5.69 Å². The first-order chi connectivity index (χ1) is 7.70. The van der Waals surface area contributed by atoms with Crippen LogP contribution in [0.1, 0.15) is 10.5 Å². The number of benzene rings is 1. The van der Waals surface area contributed by atoms with Crippen molar-refractivity contribution in [3.05, 3.63) is 52.2 Å². The minimum absolute atomic E-state index is 0.0471. The number of carbonyl (C=O) groups is 1. The summed E-state index contributed by atoms with van der Waals surface area (Å²) in [4.78, 5) is 23.4. The van der Waals surface area contributed by atoms with Gasteiger partial charge in [-0.15, -0.1) is 0 Å². The van der Waals surface area contributed by atoms with E-state index in [4.69, 9.17) is 0 Å². The average molecular weight is 216 g/mol. The first kappa shape index (κ1) is 10.1. The maximum atomic E-state index is 10.5. The van der Waals surface area contributed by atoms with Gasteiger partial charge in [-0.1, -0.05) is 0 Å². The molecule has 1 aromatic carbocycles. The summed E-state index contributed by atoms with van der Waals surface area (Å²) in [6, 6.07) is 9.54. The lowest BCUT2D eigenvalue weighted by molar-refractivity contribution is -0.384. The number of non-ortho nitro benzene ring substituents is 1. The van der Waals surface area contributed by atoms with E-state index in [0.717, 1.165) is 17.5 Å². The molecular weight excluding hydrogens is 208 g/mol. The first-order valence-electron chi connectivity index (χ1n) is 4.60. The van der Waals surface area contributed by atoms with Crippen LogP contribution in [-0.4, -0.2) is 16.2 Å². The molecule has 5 heteroatoms. The molecule has 0 radical (unpaired) electrons. The van der Waals surface area contributed by atoms with Crippen LogP contribution in [-0.2, 0) is 0 Å². The fraction of sp³-hybridized carbons (Fsp3) is 0. The van der Waals surface area contributed by atoms with Gasteiger partial charge >= 0.3 is 0 Å². The van der Waals surface area contributed by atoms with E-state index >= 15 is 0 Å². The van der Waals surface area contributed by atoms with Crippen molar-refractivity contribution in [2.75, 3.05) is 0 Å². The van der Waals surface area contributed by atoms with Gasteiger partial charge in [0.25, 0.3) is 5.69 Å². The molecule has 2 aromatic rings. The lowest BCUT2D eigenvalue weighted by atomic mass is 10.1. The molecule has 1 heterocycles. The number of nitrogens with zero attached hydrogens (tertiary/aromatic N) is 1. The van der Waals surface area contributed by atoms with Crippen LogP contribution < -0.4 is 0 Å². The van der Waals surface area contributed by atoms with E-state index in [9.17, 15) is 14.9 Å². The van der Waals surface area contributed by atoms with Gasteiger partial charge in [0.2, 0.25) is 0 Å². The molecular formula is C11H8N2O3. The highest BCUT2D eigenvalue weighted by Gasteiger charge is 2.06. The summed E-state index contributed by atoms with van der Waals surface area (Å²) >= 11 is 0. The smallest absolute Gasteiger partial charge is 0.269 e. The Morgan fingerprint density at radius 3 is 2.31 bits per heavy atom. The minimum Gasteiger partial charge on any atom is -0.352 e. The molecule has 5 nitrogen and oxygen atoms in total. The summed E-state index contributed by atoms with van der Waals surface area (Å²) in [6.45, 7) is 0. The highest BCUT2D eigenvalue weighted by molar-refractivity contribution is 5.75. The SMILES string of the molecule is O=Cc1ccc(-c2ccc([N+](=O)[O-])cc2)[nH]1. The van der Waals surface area contributed by atoms with Crippen molar-refractivity contribution in [3.8, 4) is 11.3 Å². The van der Waals surface area contributed by atoms with Crippen molar-refractivity contribution in [1.82, 2.24) is 4.98 Å². The molecule has 16 heavy (non-hydrogen) atoms. The summed E-state index contributed by atoms with van der Waals surface area (Å²) in [5.41, 5.74) is 2.09. The lowest BCUT2D eigenvalue weighted by Gasteiger charge is -1.97. The van der Waals surface area contributed by atoms with E-state index in [0.29, 0.717) is 5.69 Å². The summed E-state index contributed by atoms with van der Waals surface area (Å²) < 4.78 is 0. The third-order valence-electron chi connectivity index (χ3n) is 2.22. The number of nitrogens with one attached hydrogen (secondary N) is 1. The van der Waals surface area contributed by atoms with Crippen molar-refractivity contribution >= 4 is 12.0 Å². The van der Waals surface area contributed by atoms with E-state index in [1.165, 1.54) is 12.1 Å². The maximum absolute atomic E-state index is 10.5. The Morgan fingerprint density at radius 2 is 1.81 bits per heavy atom. The number of nitro benzene ring substituents is 1. The van der Waals surface area contributed by atoms with Gasteiger partial charge < -0.3 is 4.98 Å². The predicted octanol–water partition coefficient (Wildman–Crippen LogP) is 2.40. The average Bonchev–Trinajstić information content (AvgIpc) is 2.77. The molecule has 80 valence electrons. The molecule has 0 bridgehead atoms. The molecule has 0 spiro atoms. The molecule has 1 aromatic heterocycles. The second-order valence-electron chi connectivity index (χ2n) is 3.25. The van der Waals surface area contributed by atoms with Crippen molar-refractivity contribution in [2.24, 2.45) is 0 Å². The topological polar surface area (TPSA) is 76.0 Å². The number of hydrogen-bond donors (Lipinski definition) is 1. The van der Waals surface area contributed by atoms with Crippen LogP contribution >= 0.6 is 0 Å². The molecule has 0 aliphatic rings. The second kappa shape index (κ2) is 3.98. The quantitative estimate of drug-likeness (QED) is 0.486. The fourth-order valence-electron chi connectivity index (χ4n) is 1.41. The number of rotatable bonds is 3. The number of carbonyl (C=O) groups excluding carboxylic acids is 1. The largest absolute Gasteiger partial charge is 0.352 e. The molecule has 1 N–H and O–H groups in total. The van der Waals surface area contributed by atoms with Gasteiger partial charge in [0.15, 0.2) is 6.29 Å². The van der Waals surface area contributed by atoms with E-state index in [2.05, 4.69) is 4.98 Å². The number of aldehydes is 1.